The predicted molar refractivity (Wildman–Crippen MR) is 121 cm³/mol. The summed E-state index contributed by atoms with van der Waals surface area (Å²) in [4.78, 5) is 20.3. The maximum absolute atomic E-state index is 5.99. The molecular formula is C21H34N8. The second kappa shape index (κ2) is 9.73. The summed E-state index contributed by atoms with van der Waals surface area (Å²) in [5, 5.41) is 3.42. The first-order valence-corrected chi connectivity index (χ1v) is 10.5. The van der Waals surface area contributed by atoms with Crippen molar-refractivity contribution in [2.45, 2.75) is 39.8 Å². The van der Waals surface area contributed by atoms with Gasteiger partial charge in [-0.3, -0.25) is 4.90 Å². The molecule has 1 fully saturated rings. The molecule has 3 rings (SSSR count). The Kier molecular flexibility index (Phi) is 7.09. The fourth-order valence-corrected chi connectivity index (χ4v) is 3.84. The number of rotatable bonds is 8. The fraction of sp³-hybridized carbons (Fsp3) is 0.571. The number of piperazine rings is 1. The van der Waals surface area contributed by atoms with E-state index in [9.17, 15) is 0 Å². The van der Waals surface area contributed by atoms with E-state index >= 15 is 0 Å². The number of hydrogen-bond acceptors (Lipinski definition) is 8. The minimum absolute atomic E-state index is 0.307. The molecule has 0 unspecified atom stereocenters. The van der Waals surface area contributed by atoms with Gasteiger partial charge < -0.3 is 20.9 Å². The third-order valence-electron chi connectivity index (χ3n) is 5.31. The summed E-state index contributed by atoms with van der Waals surface area (Å²) in [5.41, 5.74) is 5.99. The van der Waals surface area contributed by atoms with E-state index in [-0.39, 0.29) is 0 Å². The van der Waals surface area contributed by atoms with E-state index in [0.29, 0.717) is 18.0 Å². The summed E-state index contributed by atoms with van der Waals surface area (Å²) in [5.74, 6) is 3.00. The molecule has 8 nitrogen and oxygen atoms in total. The summed E-state index contributed by atoms with van der Waals surface area (Å²) in [6.07, 6.45) is 1.84. The summed E-state index contributed by atoms with van der Waals surface area (Å²) in [6, 6.07) is 9.05. The summed E-state index contributed by atoms with van der Waals surface area (Å²) in [6.45, 7) is 14.2. The van der Waals surface area contributed by atoms with Crippen LogP contribution >= 0.6 is 0 Å². The van der Waals surface area contributed by atoms with Crippen molar-refractivity contribution >= 4 is 23.4 Å². The molecule has 0 aliphatic carbocycles. The van der Waals surface area contributed by atoms with Gasteiger partial charge in [-0.05, 0) is 39.8 Å². The molecule has 1 aliphatic rings. The fourth-order valence-electron chi connectivity index (χ4n) is 3.84. The lowest BCUT2D eigenvalue weighted by Gasteiger charge is -2.36. The Morgan fingerprint density at radius 3 is 2.24 bits per heavy atom. The lowest BCUT2D eigenvalue weighted by molar-refractivity contribution is 0.182. The van der Waals surface area contributed by atoms with Crippen LogP contribution in [0.4, 0.5) is 23.4 Å². The van der Waals surface area contributed by atoms with Gasteiger partial charge in [0.2, 0.25) is 5.95 Å². The van der Waals surface area contributed by atoms with E-state index in [4.69, 9.17) is 5.73 Å². The third kappa shape index (κ3) is 5.69. The maximum atomic E-state index is 5.99. The minimum atomic E-state index is 0.307. The Bertz CT molecular complexity index is 749. The normalized spacial score (nSPS) is 14.9. The van der Waals surface area contributed by atoms with E-state index in [2.05, 4.69) is 68.7 Å². The van der Waals surface area contributed by atoms with Crippen molar-refractivity contribution in [1.29, 1.82) is 0 Å². The van der Waals surface area contributed by atoms with Gasteiger partial charge in [0.15, 0.2) is 0 Å². The van der Waals surface area contributed by atoms with Crippen molar-refractivity contribution < 1.29 is 0 Å². The van der Waals surface area contributed by atoms with Crippen molar-refractivity contribution in [3.63, 3.8) is 0 Å². The lowest BCUT2D eigenvalue weighted by atomic mass is 10.2. The average molecular weight is 399 g/mol. The monoisotopic (exact) mass is 398 g/mol. The first kappa shape index (κ1) is 21.1. The second-order valence-electron chi connectivity index (χ2n) is 7.98. The van der Waals surface area contributed by atoms with Crippen LogP contribution in [0.5, 0.6) is 0 Å². The lowest BCUT2D eigenvalue weighted by Crippen LogP contribution is -2.47. The van der Waals surface area contributed by atoms with Crippen LogP contribution in [0.3, 0.4) is 0 Å². The molecule has 2 aromatic heterocycles. The van der Waals surface area contributed by atoms with Crippen molar-refractivity contribution in [2.75, 3.05) is 60.1 Å². The van der Waals surface area contributed by atoms with Crippen LogP contribution in [0.15, 0.2) is 30.5 Å². The average Bonchev–Trinajstić information content (AvgIpc) is 2.71. The van der Waals surface area contributed by atoms with Gasteiger partial charge >= 0.3 is 0 Å². The maximum Gasteiger partial charge on any atom is 0.223 e. The Balaban J connectivity index is 1.58. The first-order chi connectivity index (χ1) is 13.9. The van der Waals surface area contributed by atoms with Crippen LogP contribution in [-0.4, -0.2) is 71.2 Å². The van der Waals surface area contributed by atoms with Crippen molar-refractivity contribution in [3.05, 3.63) is 30.5 Å². The highest BCUT2D eigenvalue weighted by Crippen LogP contribution is 2.20. The van der Waals surface area contributed by atoms with Gasteiger partial charge in [0.25, 0.3) is 0 Å². The van der Waals surface area contributed by atoms with E-state index in [0.717, 1.165) is 56.7 Å². The summed E-state index contributed by atoms with van der Waals surface area (Å²) < 4.78 is 0. The molecule has 29 heavy (non-hydrogen) atoms. The van der Waals surface area contributed by atoms with Gasteiger partial charge in [0.05, 0.1) is 0 Å². The molecule has 1 aliphatic heterocycles. The van der Waals surface area contributed by atoms with Crippen LogP contribution < -0.4 is 20.9 Å². The molecule has 0 atom stereocenters. The first-order valence-electron chi connectivity index (χ1n) is 10.5. The van der Waals surface area contributed by atoms with Gasteiger partial charge in [0.1, 0.15) is 17.5 Å². The Morgan fingerprint density at radius 2 is 1.66 bits per heavy atom. The number of hydrogen-bond donors (Lipinski definition) is 2. The molecule has 3 heterocycles. The summed E-state index contributed by atoms with van der Waals surface area (Å²) >= 11 is 0. The zero-order valence-corrected chi connectivity index (χ0v) is 18.0. The molecular weight excluding hydrogens is 364 g/mol. The molecule has 1 saturated heterocycles. The van der Waals surface area contributed by atoms with Gasteiger partial charge in [-0.25, -0.2) is 4.98 Å². The van der Waals surface area contributed by atoms with Crippen molar-refractivity contribution in [2.24, 2.45) is 0 Å². The predicted octanol–water partition coefficient (Wildman–Crippen LogP) is 2.31. The number of nitrogens with one attached hydrogen (secondary N) is 1. The number of aromatic nitrogens is 3. The number of pyridine rings is 1. The molecule has 3 N–H and O–H groups in total. The van der Waals surface area contributed by atoms with Crippen LogP contribution in [0.2, 0.25) is 0 Å². The highest BCUT2D eigenvalue weighted by atomic mass is 15.3. The van der Waals surface area contributed by atoms with E-state index in [1.54, 1.807) is 0 Å². The zero-order valence-electron chi connectivity index (χ0n) is 18.0. The van der Waals surface area contributed by atoms with E-state index in [1.165, 1.54) is 0 Å². The Morgan fingerprint density at radius 1 is 1.00 bits per heavy atom. The Hall–Kier alpha value is -2.61. The van der Waals surface area contributed by atoms with Crippen LogP contribution in [-0.2, 0) is 0 Å². The topological polar surface area (TPSA) is 86.4 Å². The standard InChI is InChI=1S/C21H34N8/c1-16(2)29(17(3)4)10-9-23-18-15-20(26-21(22)25-18)28-13-11-27(12-14-28)19-7-5-6-8-24-19/h5-8,15-17H,9-14H2,1-4H3,(H3,22,23,25,26). The SMILES string of the molecule is CC(C)N(CCNc1cc(N2CCN(c3ccccn3)CC2)nc(N)n1)C(C)C. The Labute approximate surface area is 174 Å². The molecule has 0 aromatic carbocycles. The van der Waals surface area contributed by atoms with Crippen LogP contribution in [0, 0.1) is 0 Å². The highest BCUT2D eigenvalue weighted by Gasteiger charge is 2.20. The molecule has 0 radical (unpaired) electrons. The van der Waals surface area contributed by atoms with Crippen LogP contribution in [0.25, 0.3) is 0 Å². The number of nitrogen functional groups attached to an aromatic ring is 1. The zero-order chi connectivity index (χ0) is 20.8. The minimum Gasteiger partial charge on any atom is -0.369 e. The van der Waals surface area contributed by atoms with Crippen molar-refractivity contribution in [3.8, 4) is 0 Å². The molecule has 2 aromatic rings. The summed E-state index contributed by atoms with van der Waals surface area (Å²) in [7, 11) is 0. The number of anilines is 4. The molecule has 8 heteroatoms. The molecule has 0 bridgehead atoms. The molecule has 0 amide bonds. The molecule has 158 valence electrons. The molecule has 0 saturated carbocycles. The number of nitrogens with zero attached hydrogens (tertiary/aromatic N) is 6. The van der Waals surface area contributed by atoms with Gasteiger partial charge in [-0.1, -0.05) is 6.07 Å². The molecule has 0 spiro atoms. The van der Waals surface area contributed by atoms with Gasteiger partial charge in [-0.15, -0.1) is 0 Å². The van der Waals surface area contributed by atoms with Crippen molar-refractivity contribution in [1.82, 2.24) is 19.9 Å². The smallest absolute Gasteiger partial charge is 0.223 e. The second-order valence-corrected chi connectivity index (χ2v) is 7.98. The van der Waals surface area contributed by atoms with Gasteiger partial charge in [-0.2, -0.15) is 9.97 Å². The quantitative estimate of drug-likeness (QED) is 0.701. The van der Waals surface area contributed by atoms with Gasteiger partial charge in [0, 0.05) is 63.6 Å². The largest absolute Gasteiger partial charge is 0.369 e. The van der Waals surface area contributed by atoms with E-state index < -0.39 is 0 Å². The third-order valence-corrected chi connectivity index (χ3v) is 5.31. The number of nitrogens with two attached hydrogens (primary N) is 1. The van der Waals surface area contributed by atoms with Crippen LogP contribution in [0.1, 0.15) is 27.7 Å². The highest BCUT2D eigenvalue weighted by molar-refractivity contribution is 5.54. The van der Waals surface area contributed by atoms with E-state index in [1.807, 2.05) is 24.4 Å².